The Bertz CT molecular complexity index is 1000. The van der Waals surface area contributed by atoms with Crippen molar-refractivity contribution in [2.45, 2.75) is 32.7 Å². The number of nitrogens with zero attached hydrogens (tertiary/aromatic N) is 5. The zero-order valence-electron chi connectivity index (χ0n) is 19.0. The van der Waals surface area contributed by atoms with Gasteiger partial charge < -0.3 is 9.64 Å². The van der Waals surface area contributed by atoms with Gasteiger partial charge in [0.1, 0.15) is 5.75 Å². The maximum atomic E-state index is 11.8. The van der Waals surface area contributed by atoms with Crippen molar-refractivity contribution in [2.75, 3.05) is 57.0 Å². The summed E-state index contributed by atoms with van der Waals surface area (Å²) in [5, 5.41) is 0. The first kappa shape index (κ1) is 22.9. The molecule has 3 heterocycles. The molecule has 1 aromatic heterocycles. The third-order valence-electron chi connectivity index (χ3n) is 6.27. The van der Waals surface area contributed by atoms with Crippen LogP contribution >= 0.6 is 0 Å². The number of ether oxygens (including phenoxy) is 1. The molecule has 0 spiro atoms. The zero-order valence-corrected chi connectivity index (χ0v) is 19.9. The van der Waals surface area contributed by atoms with Gasteiger partial charge >= 0.3 is 0 Å². The molecule has 2 aromatic rings. The molecule has 0 amide bonds. The summed E-state index contributed by atoms with van der Waals surface area (Å²) in [5.74, 6) is 1.70. The van der Waals surface area contributed by atoms with Gasteiger partial charge in [0.2, 0.25) is 16.0 Å². The topological polar surface area (TPSA) is 78.9 Å². The highest BCUT2D eigenvalue weighted by Gasteiger charge is 2.23. The highest BCUT2D eigenvalue weighted by molar-refractivity contribution is 7.88. The lowest BCUT2D eigenvalue weighted by atomic mass is 10.0. The fourth-order valence-corrected chi connectivity index (χ4v) is 5.02. The highest BCUT2D eigenvalue weighted by atomic mass is 32.2. The summed E-state index contributed by atoms with van der Waals surface area (Å²) >= 11 is 0. The number of rotatable bonds is 8. The molecule has 0 aliphatic carbocycles. The van der Waals surface area contributed by atoms with E-state index in [1.807, 2.05) is 24.5 Å². The number of benzene rings is 1. The Morgan fingerprint density at radius 2 is 1.78 bits per heavy atom. The SMILES string of the molecule is CCc1cnc(N2CCN(CCCOc3ccc4c(c3)CCN(S(C)(=O)=O)C4)CC2)nc1. The first-order valence-electron chi connectivity index (χ1n) is 11.4. The Kier molecular flexibility index (Phi) is 7.27. The molecule has 0 saturated carbocycles. The van der Waals surface area contributed by atoms with Crippen LogP contribution < -0.4 is 9.64 Å². The van der Waals surface area contributed by atoms with E-state index < -0.39 is 10.0 Å². The van der Waals surface area contributed by atoms with E-state index in [0.29, 0.717) is 19.7 Å². The Morgan fingerprint density at radius 1 is 1.03 bits per heavy atom. The molecule has 0 radical (unpaired) electrons. The summed E-state index contributed by atoms with van der Waals surface area (Å²) in [4.78, 5) is 13.7. The summed E-state index contributed by atoms with van der Waals surface area (Å²) in [6.45, 7) is 8.70. The molecule has 0 N–H and O–H groups in total. The molecule has 4 rings (SSSR count). The number of hydrogen-bond donors (Lipinski definition) is 0. The second-order valence-corrected chi connectivity index (χ2v) is 10.5. The average Bonchev–Trinajstić information content (AvgIpc) is 2.81. The minimum Gasteiger partial charge on any atom is -0.494 e. The standard InChI is InChI=1S/C23H33N5O3S/c1-3-19-16-24-23(25-17-19)27-12-10-26(11-13-27)8-4-14-31-22-6-5-21-18-28(32(2,29)30)9-7-20(21)15-22/h5-6,15-17H,3-4,7-14,18H2,1-2H3. The molecular weight excluding hydrogens is 426 g/mol. The van der Waals surface area contributed by atoms with Crippen LogP contribution in [0.3, 0.4) is 0 Å². The third kappa shape index (κ3) is 5.76. The van der Waals surface area contributed by atoms with Gasteiger partial charge in [0.15, 0.2) is 0 Å². The van der Waals surface area contributed by atoms with Gasteiger partial charge in [-0.3, -0.25) is 4.90 Å². The van der Waals surface area contributed by atoms with Crippen molar-refractivity contribution in [2.24, 2.45) is 0 Å². The number of sulfonamides is 1. The Labute approximate surface area is 191 Å². The number of fused-ring (bicyclic) bond motifs is 1. The Balaban J connectivity index is 1.18. The fourth-order valence-electron chi connectivity index (χ4n) is 4.22. The molecule has 174 valence electrons. The Hall–Kier alpha value is -2.23. The second kappa shape index (κ2) is 10.1. The van der Waals surface area contributed by atoms with Crippen LogP contribution in [0.1, 0.15) is 30.0 Å². The van der Waals surface area contributed by atoms with Crippen molar-refractivity contribution in [1.82, 2.24) is 19.2 Å². The van der Waals surface area contributed by atoms with Gasteiger partial charge in [-0.05, 0) is 48.1 Å². The summed E-state index contributed by atoms with van der Waals surface area (Å²) in [6, 6.07) is 6.01. The van der Waals surface area contributed by atoms with Crippen molar-refractivity contribution in [3.63, 3.8) is 0 Å². The monoisotopic (exact) mass is 459 g/mol. The van der Waals surface area contributed by atoms with Crippen LogP contribution in [0.15, 0.2) is 30.6 Å². The van der Waals surface area contributed by atoms with Crippen LogP contribution in [-0.2, 0) is 29.4 Å². The number of aryl methyl sites for hydroxylation is 1. The van der Waals surface area contributed by atoms with E-state index in [1.54, 1.807) is 0 Å². The molecule has 1 fully saturated rings. The first-order chi connectivity index (χ1) is 15.4. The van der Waals surface area contributed by atoms with Crippen molar-refractivity contribution in [3.05, 3.63) is 47.3 Å². The number of aromatic nitrogens is 2. The first-order valence-corrected chi connectivity index (χ1v) is 13.2. The average molecular weight is 460 g/mol. The third-order valence-corrected chi connectivity index (χ3v) is 7.52. The van der Waals surface area contributed by atoms with Gasteiger partial charge in [-0.2, -0.15) is 4.31 Å². The predicted octanol–water partition coefficient (Wildman–Crippen LogP) is 1.95. The molecule has 1 aromatic carbocycles. The van der Waals surface area contributed by atoms with Crippen molar-refractivity contribution < 1.29 is 13.2 Å². The van der Waals surface area contributed by atoms with Crippen LogP contribution in [-0.4, -0.2) is 79.7 Å². The molecular formula is C23H33N5O3S. The van der Waals surface area contributed by atoms with E-state index in [4.69, 9.17) is 4.74 Å². The zero-order chi connectivity index (χ0) is 22.6. The van der Waals surface area contributed by atoms with E-state index in [0.717, 1.165) is 69.2 Å². The summed E-state index contributed by atoms with van der Waals surface area (Å²) in [7, 11) is -3.14. The molecule has 0 bridgehead atoms. The van der Waals surface area contributed by atoms with Gasteiger partial charge in [0.05, 0.1) is 12.9 Å². The maximum absolute atomic E-state index is 11.8. The lowest BCUT2D eigenvalue weighted by molar-refractivity contribution is 0.224. The predicted molar refractivity (Wildman–Crippen MR) is 126 cm³/mol. The molecule has 9 heteroatoms. The van der Waals surface area contributed by atoms with Crippen LogP contribution in [0.5, 0.6) is 5.75 Å². The quantitative estimate of drug-likeness (QED) is 0.558. The van der Waals surface area contributed by atoms with Gasteiger partial charge in [-0.25, -0.2) is 18.4 Å². The van der Waals surface area contributed by atoms with Gasteiger partial charge in [0.25, 0.3) is 0 Å². The van der Waals surface area contributed by atoms with Crippen LogP contribution in [0.2, 0.25) is 0 Å². The van der Waals surface area contributed by atoms with Gasteiger partial charge in [-0.1, -0.05) is 13.0 Å². The minimum absolute atomic E-state index is 0.453. The van der Waals surface area contributed by atoms with E-state index in [2.05, 4.69) is 32.8 Å². The molecule has 32 heavy (non-hydrogen) atoms. The molecule has 0 atom stereocenters. The fraction of sp³-hybridized carbons (Fsp3) is 0.565. The minimum atomic E-state index is -3.14. The lowest BCUT2D eigenvalue weighted by Crippen LogP contribution is -2.47. The van der Waals surface area contributed by atoms with Gasteiger partial charge in [-0.15, -0.1) is 0 Å². The van der Waals surface area contributed by atoms with E-state index in [-0.39, 0.29) is 0 Å². The number of anilines is 1. The highest BCUT2D eigenvalue weighted by Crippen LogP contribution is 2.25. The largest absolute Gasteiger partial charge is 0.494 e. The van der Waals surface area contributed by atoms with Crippen LogP contribution in [0.25, 0.3) is 0 Å². The smallest absolute Gasteiger partial charge is 0.225 e. The maximum Gasteiger partial charge on any atom is 0.225 e. The van der Waals surface area contributed by atoms with E-state index >= 15 is 0 Å². The molecule has 0 unspecified atom stereocenters. The van der Waals surface area contributed by atoms with Crippen LogP contribution in [0, 0.1) is 0 Å². The van der Waals surface area contributed by atoms with E-state index in [1.165, 1.54) is 21.7 Å². The second-order valence-electron chi connectivity index (χ2n) is 8.55. The molecule has 8 nitrogen and oxygen atoms in total. The summed E-state index contributed by atoms with van der Waals surface area (Å²) < 4.78 is 31.1. The lowest BCUT2D eigenvalue weighted by Gasteiger charge is -2.34. The normalized spacial score (nSPS) is 17.9. The molecule has 2 aliphatic heterocycles. The van der Waals surface area contributed by atoms with Gasteiger partial charge in [0, 0.05) is 58.2 Å². The van der Waals surface area contributed by atoms with Crippen LogP contribution in [0.4, 0.5) is 5.95 Å². The molecule has 1 saturated heterocycles. The summed E-state index contributed by atoms with van der Waals surface area (Å²) in [5.41, 5.74) is 3.43. The number of hydrogen-bond acceptors (Lipinski definition) is 7. The van der Waals surface area contributed by atoms with Crippen molar-refractivity contribution in [3.8, 4) is 5.75 Å². The van der Waals surface area contributed by atoms with Crippen molar-refractivity contribution in [1.29, 1.82) is 0 Å². The van der Waals surface area contributed by atoms with Crippen molar-refractivity contribution >= 4 is 16.0 Å². The number of piperazine rings is 1. The molecule has 2 aliphatic rings. The Morgan fingerprint density at radius 3 is 2.47 bits per heavy atom. The van der Waals surface area contributed by atoms with E-state index in [9.17, 15) is 8.42 Å². The summed E-state index contributed by atoms with van der Waals surface area (Å²) in [6.07, 6.45) is 7.79.